The smallest absolute Gasteiger partial charge is 0.200 e. The molecule has 0 N–H and O–H groups in total. The lowest BCUT2D eigenvalue weighted by atomic mass is 10.2. The van der Waals surface area contributed by atoms with Crippen LogP contribution >= 0.6 is 23.5 Å². The summed E-state index contributed by atoms with van der Waals surface area (Å²) in [6.45, 7) is 0. The van der Waals surface area contributed by atoms with E-state index >= 15 is 0 Å². The topological polar surface area (TPSA) is 0 Å². The fraction of sp³-hybridized carbons (Fsp3) is 0.100. The first-order chi connectivity index (χ1) is 15.0. The standard InChI is InChI=1S/C20H8F10S2/c21-9-11(23)15(27)19(16(28)12(9)24)31-5-7-2-1-3-8(4-7)6-32-20-17(29)13(25)10(22)14(26)18(20)30/h1-4H,5-6H2. The Kier molecular flexibility index (Phi) is 7.33. The largest absolute Gasteiger partial charge is 0.202 e. The maximum Gasteiger partial charge on any atom is 0.200 e. The van der Waals surface area contributed by atoms with Crippen LogP contribution in [0.2, 0.25) is 0 Å². The summed E-state index contributed by atoms with van der Waals surface area (Å²) in [7, 11) is 0. The molecule has 3 aromatic rings. The molecular weight excluding hydrogens is 494 g/mol. The van der Waals surface area contributed by atoms with Crippen LogP contribution in [0.15, 0.2) is 34.1 Å². The van der Waals surface area contributed by atoms with E-state index in [-0.39, 0.29) is 11.5 Å². The summed E-state index contributed by atoms with van der Waals surface area (Å²) >= 11 is 0.666. The maximum atomic E-state index is 13.8. The molecule has 0 aliphatic heterocycles. The molecule has 3 aromatic carbocycles. The van der Waals surface area contributed by atoms with Crippen LogP contribution in [0.5, 0.6) is 0 Å². The van der Waals surface area contributed by atoms with Crippen LogP contribution in [-0.2, 0) is 11.5 Å². The van der Waals surface area contributed by atoms with Gasteiger partial charge < -0.3 is 0 Å². The van der Waals surface area contributed by atoms with Gasteiger partial charge in [0.15, 0.2) is 46.5 Å². The Morgan fingerprint density at radius 3 is 1.03 bits per heavy atom. The van der Waals surface area contributed by atoms with Gasteiger partial charge in [0.2, 0.25) is 11.6 Å². The lowest BCUT2D eigenvalue weighted by Crippen LogP contribution is -2.03. The molecule has 32 heavy (non-hydrogen) atoms. The molecule has 170 valence electrons. The second kappa shape index (κ2) is 9.65. The number of rotatable bonds is 6. The van der Waals surface area contributed by atoms with Crippen LogP contribution in [0, 0.1) is 58.2 Å². The highest BCUT2D eigenvalue weighted by molar-refractivity contribution is 7.98. The van der Waals surface area contributed by atoms with E-state index in [0.29, 0.717) is 34.7 Å². The first-order valence-corrected chi connectivity index (χ1v) is 10.4. The molecule has 0 aliphatic carbocycles. The molecule has 3 rings (SSSR count). The van der Waals surface area contributed by atoms with Crippen LogP contribution in [0.1, 0.15) is 11.1 Å². The second-order valence-electron chi connectivity index (χ2n) is 6.20. The van der Waals surface area contributed by atoms with E-state index in [2.05, 4.69) is 0 Å². The van der Waals surface area contributed by atoms with Crippen LogP contribution in [-0.4, -0.2) is 0 Å². The summed E-state index contributed by atoms with van der Waals surface area (Å²) in [5.74, 6) is -21.3. The van der Waals surface area contributed by atoms with Gasteiger partial charge in [-0.25, -0.2) is 43.9 Å². The Labute approximate surface area is 182 Å². The van der Waals surface area contributed by atoms with Crippen LogP contribution in [0.25, 0.3) is 0 Å². The molecule has 0 saturated heterocycles. The van der Waals surface area contributed by atoms with Crippen molar-refractivity contribution in [2.45, 2.75) is 21.3 Å². The number of hydrogen-bond donors (Lipinski definition) is 0. The first-order valence-electron chi connectivity index (χ1n) is 8.40. The van der Waals surface area contributed by atoms with Crippen molar-refractivity contribution in [3.8, 4) is 0 Å². The average Bonchev–Trinajstić information content (AvgIpc) is 2.79. The fourth-order valence-corrected chi connectivity index (χ4v) is 4.39. The van der Waals surface area contributed by atoms with Crippen molar-refractivity contribution in [2.75, 3.05) is 0 Å². The number of hydrogen-bond acceptors (Lipinski definition) is 2. The van der Waals surface area contributed by atoms with Gasteiger partial charge in [0.05, 0.1) is 9.79 Å². The SMILES string of the molecule is Fc1c(F)c(F)c(SCc2cccc(CSc3c(F)c(F)c(F)c(F)c3F)c2)c(F)c1F. The van der Waals surface area contributed by atoms with Gasteiger partial charge in [-0.3, -0.25) is 0 Å². The monoisotopic (exact) mass is 502 g/mol. The second-order valence-corrected chi connectivity index (χ2v) is 8.17. The van der Waals surface area contributed by atoms with Crippen molar-refractivity contribution >= 4 is 23.5 Å². The van der Waals surface area contributed by atoms with Crippen molar-refractivity contribution in [1.82, 2.24) is 0 Å². The molecule has 0 saturated carbocycles. The Morgan fingerprint density at radius 2 is 0.719 bits per heavy atom. The van der Waals surface area contributed by atoms with Crippen LogP contribution in [0.3, 0.4) is 0 Å². The lowest BCUT2D eigenvalue weighted by Gasteiger charge is -2.10. The number of thioether (sulfide) groups is 2. The first kappa shape index (κ1) is 24.3. The Morgan fingerprint density at radius 1 is 0.438 bits per heavy atom. The van der Waals surface area contributed by atoms with Gasteiger partial charge >= 0.3 is 0 Å². The third-order valence-corrected chi connectivity index (χ3v) is 6.35. The minimum absolute atomic E-state index is 0.237. The minimum atomic E-state index is -2.28. The summed E-state index contributed by atoms with van der Waals surface area (Å²) in [4.78, 5) is -2.16. The van der Waals surface area contributed by atoms with Gasteiger partial charge in [0, 0.05) is 11.5 Å². The molecule has 0 fully saturated rings. The van der Waals surface area contributed by atoms with Gasteiger partial charge in [0.1, 0.15) is 0 Å². The van der Waals surface area contributed by atoms with E-state index < -0.39 is 68.0 Å². The average molecular weight is 502 g/mol. The van der Waals surface area contributed by atoms with Gasteiger partial charge in [0.25, 0.3) is 0 Å². The Hall–Kier alpha value is -2.34. The molecule has 0 aromatic heterocycles. The number of halogens is 10. The van der Waals surface area contributed by atoms with Crippen molar-refractivity contribution in [1.29, 1.82) is 0 Å². The van der Waals surface area contributed by atoms with E-state index in [1.54, 1.807) is 0 Å². The molecule has 0 nitrogen and oxygen atoms in total. The summed E-state index contributed by atoms with van der Waals surface area (Å²) in [6.07, 6.45) is 0. The van der Waals surface area contributed by atoms with E-state index in [4.69, 9.17) is 0 Å². The summed E-state index contributed by atoms with van der Waals surface area (Å²) < 4.78 is 134. The van der Waals surface area contributed by atoms with Crippen molar-refractivity contribution in [3.05, 3.63) is 93.6 Å². The predicted octanol–water partition coefficient (Wildman–Crippen LogP) is 7.66. The normalized spacial score (nSPS) is 11.3. The molecule has 0 unspecified atom stereocenters. The van der Waals surface area contributed by atoms with Gasteiger partial charge in [-0.2, -0.15) is 0 Å². The molecule has 0 heterocycles. The van der Waals surface area contributed by atoms with E-state index in [9.17, 15) is 43.9 Å². The maximum absolute atomic E-state index is 13.8. The summed E-state index contributed by atoms with van der Waals surface area (Å²) in [5.41, 5.74) is 0.684. The zero-order valence-corrected chi connectivity index (χ0v) is 17.0. The quantitative estimate of drug-likeness (QED) is 0.147. The molecule has 12 heteroatoms. The zero-order valence-electron chi connectivity index (χ0n) is 15.3. The van der Waals surface area contributed by atoms with Crippen LogP contribution < -0.4 is 0 Å². The molecule has 0 atom stereocenters. The van der Waals surface area contributed by atoms with E-state index in [1.807, 2.05) is 0 Å². The predicted molar refractivity (Wildman–Crippen MR) is 98.0 cm³/mol. The van der Waals surface area contributed by atoms with Crippen molar-refractivity contribution in [3.63, 3.8) is 0 Å². The molecule has 0 bridgehead atoms. The highest BCUT2D eigenvalue weighted by atomic mass is 32.2. The van der Waals surface area contributed by atoms with Gasteiger partial charge in [-0.15, -0.1) is 23.5 Å². The third kappa shape index (κ3) is 4.56. The fourth-order valence-electron chi connectivity index (χ4n) is 2.54. The lowest BCUT2D eigenvalue weighted by molar-refractivity contribution is 0.361. The van der Waals surface area contributed by atoms with Gasteiger partial charge in [-0.1, -0.05) is 24.3 Å². The Bertz CT molecular complexity index is 1050. The van der Waals surface area contributed by atoms with Crippen molar-refractivity contribution < 1.29 is 43.9 Å². The zero-order chi connectivity index (χ0) is 23.7. The molecular formula is C20H8F10S2. The molecule has 0 amide bonds. The third-order valence-electron chi connectivity index (χ3n) is 4.10. The van der Waals surface area contributed by atoms with Crippen molar-refractivity contribution in [2.24, 2.45) is 0 Å². The minimum Gasteiger partial charge on any atom is -0.202 e. The summed E-state index contributed by atoms with van der Waals surface area (Å²) in [5, 5.41) is 0. The molecule has 0 spiro atoms. The highest BCUT2D eigenvalue weighted by Crippen LogP contribution is 2.35. The van der Waals surface area contributed by atoms with E-state index in [1.165, 1.54) is 24.3 Å². The van der Waals surface area contributed by atoms with E-state index in [0.717, 1.165) is 0 Å². The van der Waals surface area contributed by atoms with Crippen LogP contribution in [0.4, 0.5) is 43.9 Å². The Balaban J connectivity index is 1.77. The van der Waals surface area contributed by atoms with Gasteiger partial charge in [-0.05, 0) is 11.1 Å². The summed E-state index contributed by atoms with van der Waals surface area (Å²) in [6, 6.07) is 5.72. The molecule has 0 aliphatic rings. The number of benzene rings is 3. The highest BCUT2D eigenvalue weighted by Gasteiger charge is 2.27. The molecule has 0 radical (unpaired) electrons.